The lowest BCUT2D eigenvalue weighted by molar-refractivity contribution is -0.118. The molecule has 17 heavy (non-hydrogen) atoms. The van der Waals surface area contributed by atoms with Crippen molar-refractivity contribution in [3.63, 3.8) is 0 Å². The van der Waals surface area contributed by atoms with Crippen molar-refractivity contribution in [1.29, 1.82) is 0 Å². The molecule has 0 bridgehead atoms. The van der Waals surface area contributed by atoms with Crippen LogP contribution in [0.2, 0.25) is 0 Å². The molecule has 1 aliphatic heterocycles. The fourth-order valence-electron chi connectivity index (χ4n) is 2.22. The van der Waals surface area contributed by atoms with Crippen LogP contribution in [0.4, 0.5) is 0 Å². The van der Waals surface area contributed by atoms with E-state index in [0.29, 0.717) is 6.42 Å². The predicted molar refractivity (Wildman–Crippen MR) is 69.6 cm³/mol. The number of carbonyl (C=O) groups is 1. The minimum Gasteiger partial charge on any atom is -0.370 e. The third kappa shape index (κ3) is 6.61. The topological polar surface area (TPSA) is 75.6 Å². The molecule has 0 aromatic rings. The maximum Gasteiger partial charge on any atom is 0.218 e. The molecule has 0 radical (unpaired) electrons. The Morgan fingerprint density at radius 1 is 1.00 bits per heavy atom. The Bertz CT molecular complexity index is 223. The molecule has 0 aromatic heterocycles. The second-order valence-corrected chi connectivity index (χ2v) is 4.75. The van der Waals surface area contributed by atoms with Gasteiger partial charge < -0.3 is 21.3 Å². The smallest absolute Gasteiger partial charge is 0.218 e. The molecule has 1 amide bonds. The second kappa shape index (κ2) is 8.44. The van der Waals surface area contributed by atoms with E-state index < -0.39 is 0 Å². The summed E-state index contributed by atoms with van der Waals surface area (Å²) in [5.74, 6) is -0.200. The van der Waals surface area contributed by atoms with Gasteiger partial charge in [-0.25, -0.2) is 0 Å². The summed E-state index contributed by atoms with van der Waals surface area (Å²) in [5.41, 5.74) is 10.7. The van der Waals surface area contributed by atoms with Crippen LogP contribution in [0, 0.1) is 0 Å². The maximum absolute atomic E-state index is 10.7. The lowest BCUT2D eigenvalue weighted by Crippen LogP contribution is -2.33. The molecule has 0 unspecified atom stereocenters. The number of carbonyl (C=O) groups excluding carboxylic acids is 1. The fourth-order valence-corrected chi connectivity index (χ4v) is 2.22. The lowest BCUT2D eigenvalue weighted by atomic mass is 10.3. The molecule has 1 saturated heterocycles. The molecule has 4 N–H and O–H groups in total. The van der Waals surface area contributed by atoms with Gasteiger partial charge in [-0.2, -0.15) is 0 Å². The van der Waals surface area contributed by atoms with Crippen molar-refractivity contribution < 1.29 is 4.79 Å². The molecule has 100 valence electrons. The summed E-state index contributed by atoms with van der Waals surface area (Å²) in [7, 11) is 0. The van der Waals surface area contributed by atoms with Crippen LogP contribution < -0.4 is 11.5 Å². The van der Waals surface area contributed by atoms with Gasteiger partial charge in [-0.15, -0.1) is 0 Å². The summed E-state index contributed by atoms with van der Waals surface area (Å²) in [4.78, 5) is 15.6. The van der Waals surface area contributed by atoms with Crippen molar-refractivity contribution in [3.05, 3.63) is 0 Å². The van der Waals surface area contributed by atoms with Crippen molar-refractivity contribution in [2.24, 2.45) is 11.5 Å². The zero-order valence-corrected chi connectivity index (χ0v) is 10.7. The van der Waals surface area contributed by atoms with Gasteiger partial charge in [0.1, 0.15) is 0 Å². The monoisotopic (exact) mass is 242 g/mol. The largest absolute Gasteiger partial charge is 0.370 e. The van der Waals surface area contributed by atoms with Crippen LogP contribution in [0.25, 0.3) is 0 Å². The van der Waals surface area contributed by atoms with Gasteiger partial charge in [-0.3, -0.25) is 4.79 Å². The van der Waals surface area contributed by atoms with Gasteiger partial charge in [0.25, 0.3) is 0 Å². The van der Waals surface area contributed by atoms with Crippen molar-refractivity contribution in [1.82, 2.24) is 9.80 Å². The molecular formula is C12H26N4O. The molecule has 1 fully saturated rings. The summed E-state index contributed by atoms with van der Waals surface area (Å²) in [5, 5.41) is 0. The Kier molecular flexibility index (Phi) is 7.16. The van der Waals surface area contributed by atoms with Gasteiger partial charge in [0.05, 0.1) is 0 Å². The molecule has 0 spiro atoms. The summed E-state index contributed by atoms with van der Waals surface area (Å²) in [6, 6.07) is 0. The average molecular weight is 242 g/mol. The highest BCUT2D eigenvalue weighted by Gasteiger charge is 2.14. The van der Waals surface area contributed by atoms with E-state index in [0.717, 1.165) is 52.2 Å². The van der Waals surface area contributed by atoms with Crippen molar-refractivity contribution >= 4 is 5.91 Å². The molecule has 0 aliphatic carbocycles. The zero-order chi connectivity index (χ0) is 12.5. The van der Waals surface area contributed by atoms with Gasteiger partial charge in [0.15, 0.2) is 0 Å². The molecule has 0 aromatic carbocycles. The van der Waals surface area contributed by atoms with E-state index in [1.807, 2.05) is 0 Å². The average Bonchev–Trinajstić information content (AvgIpc) is 2.52. The first kappa shape index (κ1) is 14.4. The third-order valence-corrected chi connectivity index (χ3v) is 3.28. The SMILES string of the molecule is NCCCCN1CCCN(CCC(N)=O)CC1. The van der Waals surface area contributed by atoms with Crippen LogP contribution in [0.15, 0.2) is 0 Å². The Morgan fingerprint density at radius 3 is 2.24 bits per heavy atom. The molecule has 0 saturated carbocycles. The highest BCUT2D eigenvalue weighted by atomic mass is 16.1. The standard InChI is InChI=1S/C12H26N4O/c13-5-1-2-6-15-7-3-8-16(11-10-15)9-4-12(14)17/h1-11,13H2,(H2,14,17). The molecule has 0 atom stereocenters. The van der Waals surface area contributed by atoms with Gasteiger partial charge >= 0.3 is 0 Å². The van der Waals surface area contributed by atoms with Crippen LogP contribution >= 0.6 is 0 Å². The van der Waals surface area contributed by atoms with E-state index in [9.17, 15) is 4.79 Å². The fraction of sp³-hybridized carbons (Fsp3) is 0.917. The number of hydrogen-bond donors (Lipinski definition) is 2. The van der Waals surface area contributed by atoms with E-state index in [4.69, 9.17) is 11.5 Å². The van der Waals surface area contributed by atoms with Gasteiger partial charge in [0.2, 0.25) is 5.91 Å². The Hall–Kier alpha value is -0.650. The normalized spacial score (nSPS) is 19.1. The first-order chi connectivity index (χ1) is 8.22. The zero-order valence-electron chi connectivity index (χ0n) is 10.7. The highest BCUT2D eigenvalue weighted by Crippen LogP contribution is 2.05. The predicted octanol–water partition coefficient (Wildman–Crippen LogP) is -0.392. The number of unbranched alkanes of at least 4 members (excludes halogenated alkanes) is 1. The number of rotatable bonds is 7. The van der Waals surface area contributed by atoms with Crippen LogP contribution in [0.3, 0.4) is 0 Å². The quantitative estimate of drug-likeness (QED) is 0.596. The van der Waals surface area contributed by atoms with Gasteiger partial charge in [0, 0.05) is 26.1 Å². The lowest BCUT2D eigenvalue weighted by Gasteiger charge is -2.21. The minimum atomic E-state index is -0.200. The second-order valence-electron chi connectivity index (χ2n) is 4.75. The van der Waals surface area contributed by atoms with E-state index in [-0.39, 0.29) is 5.91 Å². The number of hydrogen-bond acceptors (Lipinski definition) is 4. The first-order valence-corrected chi connectivity index (χ1v) is 6.65. The van der Waals surface area contributed by atoms with E-state index in [1.54, 1.807) is 0 Å². The molecule has 1 heterocycles. The minimum absolute atomic E-state index is 0.200. The molecule has 5 heteroatoms. The number of amides is 1. The van der Waals surface area contributed by atoms with Gasteiger partial charge in [-0.1, -0.05) is 0 Å². The Labute approximate surface area is 104 Å². The number of nitrogens with zero attached hydrogens (tertiary/aromatic N) is 2. The summed E-state index contributed by atoms with van der Waals surface area (Å²) < 4.78 is 0. The van der Waals surface area contributed by atoms with E-state index >= 15 is 0 Å². The van der Waals surface area contributed by atoms with Crippen LogP contribution in [-0.2, 0) is 4.79 Å². The van der Waals surface area contributed by atoms with Crippen LogP contribution in [0.1, 0.15) is 25.7 Å². The van der Waals surface area contributed by atoms with E-state index in [1.165, 1.54) is 12.8 Å². The summed E-state index contributed by atoms with van der Waals surface area (Å²) in [6.07, 6.45) is 3.97. The molecule has 1 rings (SSSR count). The highest BCUT2D eigenvalue weighted by molar-refractivity contribution is 5.73. The number of primary amides is 1. The van der Waals surface area contributed by atoms with Crippen LogP contribution in [0.5, 0.6) is 0 Å². The summed E-state index contributed by atoms with van der Waals surface area (Å²) in [6.45, 7) is 7.16. The van der Waals surface area contributed by atoms with Crippen molar-refractivity contribution in [2.45, 2.75) is 25.7 Å². The first-order valence-electron chi connectivity index (χ1n) is 6.65. The van der Waals surface area contributed by atoms with E-state index in [2.05, 4.69) is 9.80 Å². The van der Waals surface area contributed by atoms with Gasteiger partial charge in [-0.05, 0) is 45.4 Å². The summed E-state index contributed by atoms with van der Waals surface area (Å²) >= 11 is 0. The molecule has 1 aliphatic rings. The third-order valence-electron chi connectivity index (χ3n) is 3.28. The maximum atomic E-state index is 10.7. The Balaban J connectivity index is 2.17. The van der Waals surface area contributed by atoms with Crippen molar-refractivity contribution in [3.8, 4) is 0 Å². The number of nitrogens with two attached hydrogens (primary N) is 2. The molecule has 5 nitrogen and oxygen atoms in total. The van der Waals surface area contributed by atoms with Crippen LogP contribution in [-0.4, -0.2) is 61.5 Å². The Morgan fingerprint density at radius 2 is 1.65 bits per heavy atom. The molecular weight excluding hydrogens is 216 g/mol. The van der Waals surface area contributed by atoms with Crippen molar-refractivity contribution in [2.75, 3.05) is 45.8 Å².